The lowest BCUT2D eigenvalue weighted by molar-refractivity contribution is 0.103. The largest absolute Gasteiger partial charge is 0.494 e. The van der Waals surface area contributed by atoms with Crippen LogP contribution in [0.3, 0.4) is 0 Å². The molecule has 0 aliphatic carbocycles. The average Bonchev–Trinajstić information content (AvgIpc) is 2.55. The molecule has 0 spiro atoms. The lowest BCUT2D eigenvalue weighted by atomic mass is 10.0. The van der Waals surface area contributed by atoms with Crippen LogP contribution < -0.4 is 4.74 Å². The van der Waals surface area contributed by atoms with Gasteiger partial charge in [-0.15, -0.1) is 0 Å². The van der Waals surface area contributed by atoms with Gasteiger partial charge >= 0.3 is 0 Å². The van der Waals surface area contributed by atoms with E-state index in [9.17, 15) is 4.79 Å². The van der Waals surface area contributed by atoms with Crippen molar-refractivity contribution in [2.75, 3.05) is 6.61 Å². The maximum absolute atomic E-state index is 12.2. The summed E-state index contributed by atoms with van der Waals surface area (Å²) in [4.78, 5) is 12.2. The van der Waals surface area contributed by atoms with Crippen LogP contribution in [0.1, 0.15) is 48.5 Å². The van der Waals surface area contributed by atoms with Gasteiger partial charge in [-0.1, -0.05) is 56.5 Å². The van der Waals surface area contributed by atoms with E-state index in [2.05, 4.69) is 6.92 Å². The van der Waals surface area contributed by atoms with Gasteiger partial charge in [0.1, 0.15) is 5.75 Å². The number of hydrogen-bond acceptors (Lipinski definition) is 2. The number of unbranched alkanes of at least 4 members (excludes halogenated alkanes) is 3. The number of rotatable bonds is 8. The fourth-order valence-corrected chi connectivity index (χ4v) is 2.18. The molecule has 0 saturated heterocycles. The van der Waals surface area contributed by atoms with Crippen LogP contribution in [0.5, 0.6) is 5.75 Å². The Hall–Kier alpha value is -2.09. The van der Waals surface area contributed by atoms with Gasteiger partial charge in [0.25, 0.3) is 0 Å². The number of ether oxygens (including phenoxy) is 1. The molecule has 0 heterocycles. The van der Waals surface area contributed by atoms with Gasteiger partial charge in [0.15, 0.2) is 5.78 Å². The quantitative estimate of drug-likeness (QED) is 0.509. The van der Waals surface area contributed by atoms with Gasteiger partial charge in [-0.2, -0.15) is 0 Å². The van der Waals surface area contributed by atoms with E-state index < -0.39 is 0 Å². The van der Waals surface area contributed by atoms with Gasteiger partial charge in [0, 0.05) is 11.1 Å². The molecule has 0 saturated carbocycles. The maximum atomic E-state index is 12.2. The second-order valence-electron chi connectivity index (χ2n) is 5.13. The second kappa shape index (κ2) is 8.25. The topological polar surface area (TPSA) is 26.3 Å². The molecule has 0 radical (unpaired) electrons. The summed E-state index contributed by atoms with van der Waals surface area (Å²) in [5.41, 5.74) is 1.41. The molecule has 0 N–H and O–H groups in total. The van der Waals surface area contributed by atoms with Crippen molar-refractivity contribution < 1.29 is 9.53 Å². The SMILES string of the molecule is CCCCCCOc1ccc(C(=O)c2ccccc2)cc1. The predicted octanol–water partition coefficient (Wildman–Crippen LogP) is 4.88. The molecule has 0 aliphatic heterocycles. The van der Waals surface area contributed by atoms with Crippen LogP contribution in [0.15, 0.2) is 54.6 Å². The minimum atomic E-state index is 0.0464. The zero-order valence-electron chi connectivity index (χ0n) is 12.5. The van der Waals surface area contributed by atoms with Crippen LogP contribution in [0.4, 0.5) is 0 Å². The van der Waals surface area contributed by atoms with E-state index in [1.807, 2.05) is 54.6 Å². The van der Waals surface area contributed by atoms with Crippen molar-refractivity contribution in [1.82, 2.24) is 0 Å². The molecule has 2 nitrogen and oxygen atoms in total. The molecule has 2 rings (SSSR count). The van der Waals surface area contributed by atoms with E-state index in [1.165, 1.54) is 19.3 Å². The van der Waals surface area contributed by atoms with E-state index in [4.69, 9.17) is 4.74 Å². The van der Waals surface area contributed by atoms with Gasteiger partial charge in [0.2, 0.25) is 0 Å². The van der Waals surface area contributed by atoms with E-state index in [-0.39, 0.29) is 5.78 Å². The molecule has 0 unspecified atom stereocenters. The van der Waals surface area contributed by atoms with Crippen LogP contribution in [0, 0.1) is 0 Å². The Labute approximate surface area is 126 Å². The Morgan fingerprint density at radius 3 is 2.19 bits per heavy atom. The van der Waals surface area contributed by atoms with Gasteiger partial charge in [-0.05, 0) is 30.7 Å². The molecule has 2 aromatic carbocycles. The normalized spacial score (nSPS) is 10.3. The summed E-state index contributed by atoms with van der Waals surface area (Å²) in [6.45, 7) is 2.94. The summed E-state index contributed by atoms with van der Waals surface area (Å²) >= 11 is 0. The van der Waals surface area contributed by atoms with Crippen molar-refractivity contribution in [2.24, 2.45) is 0 Å². The molecular weight excluding hydrogens is 260 g/mol. The van der Waals surface area contributed by atoms with E-state index >= 15 is 0 Å². The summed E-state index contributed by atoms with van der Waals surface area (Å²) in [5.74, 6) is 0.876. The summed E-state index contributed by atoms with van der Waals surface area (Å²) in [7, 11) is 0. The smallest absolute Gasteiger partial charge is 0.193 e. The molecule has 0 aromatic heterocycles. The molecular formula is C19H22O2. The Morgan fingerprint density at radius 1 is 0.857 bits per heavy atom. The third-order valence-electron chi connectivity index (χ3n) is 3.42. The van der Waals surface area contributed by atoms with Crippen LogP contribution in [-0.4, -0.2) is 12.4 Å². The van der Waals surface area contributed by atoms with Gasteiger partial charge in [-0.3, -0.25) is 4.79 Å². The van der Waals surface area contributed by atoms with Crippen molar-refractivity contribution in [1.29, 1.82) is 0 Å². The predicted molar refractivity (Wildman–Crippen MR) is 86.0 cm³/mol. The minimum Gasteiger partial charge on any atom is -0.494 e. The number of hydrogen-bond donors (Lipinski definition) is 0. The fraction of sp³-hybridized carbons (Fsp3) is 0.316. The summed E-state index contributed by atoms with van der Waals surface area (Å²) in [5, 5.41) is 0. The summed E-state index contributed by atoms with van der Waals surface area (Å²) in [6, 6.07) is 16.7. The highest BCUT2D eigenvalue weighted by molar-refractivity contribution is 6.08. The molecule has 2 aromatic rings. The van der Waals surface area contributed by atoms with E-state index in [0.29, 0.717) is 11.1 Å². The molecule has 0 atom stereocenters. The van der Waals surface area contributed by atoms with Crippen LogP contribution in [0.25, 0.3) is 0 Å². The Morgan fingerprint density at radius 2 is 1.52 bits per heavy atom. The highest BCUT2D eigenvalue weighted by atomic mass is 16.5. The molecule has 2 heteroatoms. The van der Waals surface area contributed by atoms with Crippen molar-refractivity contribution in [3.8, 4) is 5.75 Å². The third-order valence-corrected chi connectivity index (χ3v) is 3.42. The first-order valence-corrected chi connectivity index (χ1v) is 7.64. The molecule has 0 aliphatic rings. The minimum absolute atomic E-state index is 0.0464. The number of carbonyl (C=O) groups is 1. The Bertz CT molecular complexity index is 544. The second-order valence-corrected chi connectivity index (χ2v) is 5.13. The van der Waals surface area contributed by atoms with Crippen molar-refractivity contribution >= 4 is 5.78 Å². The van der Waals surface area contributed by atoms with Crippen LogP contribution >= 0.6 is 0 Å². The lowest BCUT2D eigenvalue weighted by Crippen LogP contribution is -2.01. The van der Waals surface area contributed by atoms with E-state index in [0.717, 1.165) is 18.8 Å². The zero-order valence-corrected chi connectivity index (χ0v) is 12.5. The monoisotopic (exact) mass is 282 g/mol. The number of carbonyl (C=O) groups excluding carboxylic acids is 1. The van der Waals surface area contributed by atoms with Crippen molar-refractivity contribution in [2.45, 2.75) is 32.6 Å². The molecule has 0 fully saturated rings. The molecule has 0 amide bonds. The summed E-state index contributed by atoms with van der Waals surface area (Å²) < 4.78 is 5.68. The Kier molecular flexibility index (Phi) is 6.01. The maximum Gasteiger partial charge on any atom is 0.193 e. The number of benzene rings is 2. The highest BCUT2D eigenvalue weighted by Crippen LogP contribution is 2.16. The third kappa shape index (κ3) is 4.75. The van der Waals surface area contributed by atoms with E-state index in [1.54, 1.807) is 0 Å². The van der Waals surface area contributed by atoms with Gasteiger partial charge in [-0.25, -0.2) is 0 Å². The highest BCUT2D eigenvalue weighted by Gasteiger charge is 2.08. The van der Waals surface area contributed by atoms with Crippen molar-refractivity contribution in [3.63, 3.8) is 0 Å². The molecule has 21 heavy (non-hydrogen) atoms. The Balaban J connectivity index is 1.88. The first-order valence-electron chi connectivity index (χ1n) is 7.64. The van der Waals surface area contributed by atoms with Crippen LogP contribution in [0.2, 0.25) is 0 Å². The average molecular weight is 282 g/mol. The number of ketones is 1. The lowest BCUT2D eigenvalue weighted by Gasteiger charge is -2.07. The summed E-state index contributed by atoms with van der Waals surface area (Å²) in [6.07, 6.45) is 4.78. The zero-order chi connectivity index (χ0) is 14.9. The molecule has 110 valence electrons. The van der Waals surface area contributed by atoms with Gasteiger partial charge < -0.3 is 4.74 Å². The van der Waals surface area contributed by atoms with Crippen LogP contribution in [-0.2, 0) is 0 Å². The van der Waals surface area contributed by atoms with Gasteiger partial charge in [0.05, 0.1) is 6.61 Å². The standard InChI is InChI=1S/C19H22O2/c1-2-3-4-8-15-21-18-13-11-17(12-14-18)19(20)16-9-6-5-7-10-16/h5-7,9-14H,2-4,8,15H2,1H3. The molecule has 0 bridgehead atoms. The first kappa shape index (κ1) is 15.3. The first-order chi connectivity index (χ1) is 10.3. The fourth-order valence-electron chi connectivity index (χ4n) is 2.18. The van der Waals surface area contributed by atoms with Crippen molar-refractivity contribution in [3.05, 3.63) is 65.7 Å².